The van der Waals surface area contributed by atoms with Gasteiger partial charge in [-0.3, -0.25) is 9.78 Å². The number of methoxy groups -OCH3 is 1. The first-order valence-corrected chi connectivity index (χ1v) is 21.7. The predicted molar refractivity (Wildman–Crippen MR) is 225 cm³/mol. The quantitative estimate of drug-likeness (QED) is 0.217. The van der Waals surface area contributed by atoms with E-state index >= 15 is 4.39 Å². The molecule has 0 saturated carbocycles. The number of benzene rings is 1. The lowest BCUT2D eigenvalue weighted by Gasteiger charge is -2.48. The number of nitrogens with two attached hydrogens (primary N) is 1. The Morgan fingerprint density at radius 2 is 1.75 bits per heavy atom. The number of carbonyl (C=O) groups is 3. The minimum Gasteiger partial charge on any atom is -0.455 e. The molecule has 3 saturated heterocycles. The molecule has 0 spiro atoms. The maximum atomic E-state index is 17.0. The first-order chi connectivity index (χ1) is 28.2. The van der Waals surface area contributed by atoms with E-state index in [4.69, 9.17) is 29.4 Å². The van der Waals surface area contributed by atoms with Crippen LogP contribution < -0.4 is 5.73 Å². The molecule has 0 aliphatic carbocycles. The van der Waals surface area contributed by atoms with Crippen LogP contribution in [0.5, 0.6) is 0 Å². The molecule has 3 aliphatic heterocycles. The van der Waals surface area contributed by atoms with Gasteiger partial charge in [0.1, 0.15) is 12.2 Å². The Balaban J connectivity index is 1.53. The number of nitrogens with zero attached hydrogens (tertiary/aromatic N) is 4. The third-order valence-corrected chi connectivity index (χ3v) is 13.7. The maximum Gasteiger partial charge on any atom is 0.425 e. The summed E-state index contributed by atoms with van der Waals surface area (Å²) in [6.45, 7) is 16.3. The van der Waals surface area contributed by atoms with Crippen molar-refractivity contribution < 1.29 is 47.6 Å². The van der Waals surface area contributed by atoms with Gasteiger partial charge in [-0.05, 0) is 97.4 Å². The molecule has 3 aliphatic rings. The van der Waals surface area contributed by atoms with Gasteiger partial charge in [0, 0.05) is 49.8 Å². The molecule has 336 valence electrons. The van der Waals surface area contributed by atoms with Crippen LogP contribution in [-0.2, 0) is 39.7 Å². The Labute approximate surface area is 355 Å². The Hall–Kier alpha value is -3.31. The summed E-state index contributed by atoms with van der Waals surface area (Å²) >= 11 is 0. The average molecular weight is 844 g/mol. The summed E-state index contributed by atoms with van der Waals surface area (Å²) in [6.07, 6.45) is -1.57. The summed E-state index contributed by atoms with van der Waals surface area (Å²) in [6, 6.07) is 8.33. The number of cyclic esters (lactones) is 1. The minimum absolute atomic E-state index is 0.146. The van der Waals surface area contributed by atoms with Gasteiger partial charge in [-0.15, -0.1) is 0 Å². The molecule has 2 aromatic rings. The number of Topliss-reactive ketones (excluding diaryl/α,β-unsaturated/α-hetero) is 1. The number of hydrogen-bond donors (Lipinski definition) is 2. The lowest BCUT2D eigenvalue weighted by molar-refractivity contribution is -0.296. The van der Waals surface area contributed by atoms with Crippen LogP contribution in [0, 0.1) is 17.8 Å². The van der Waals surface area contributed by atoms with Crippen LogP contribution in [0.3, 0.4) is 0 Å². The van der Waals surface area contributed by atoms with Crippen molar-refractivity contribution in [2.24, 2.45) is 23.5 Å². The number of esters is 1. The molecule has 0 bridgehead atoms. The Morgan fingerprint density at radius 3 is 2.38 bits per heavy atom. The van der Waals surface area contributed by atoms with Crippen LogP contribution in [0.25, 0.3) is 10.9 Å². The Bertz CT molecular complexity index is 1810. The number of hydrazine groups is 1. The molecule has 1 aromatic carbocycles. The number of aromatic nitrogens is 1. The third kappa shape index (κ3) is 9.23. The van der Waals surface area contributed by atoms with Gasteiger partial charge < -0.3 is 39.4 Å². The number of ketones is 1. The largest absolute Gasteiger partial charge is 0.455 e. The summed E-state index contributed by atoms with van der Waals surface area (Å²) in [5.74, 6) is -4.62. The molecule has 1 amide bonds. The number of para-hydroxylation sites is 1. The highest BCUT2D eigenvalue weighted by molar-refractivity contribution is 6.07. The van der Waals surface area contributed by atoms with Crippen molar-refractivity contribution in [3.8, 4) is 0 Å². The van der Waals surface area contributed by atoms with Gasteiger partial charge in [-0.1, -0.05) is 58.9 Å². The fourth-order valence-corrected chi connectivity index (χ4v) is 10.1. The summed E-state index contributed by atoms with van der Waals surface area (Å²) in [7, 11) is 5.18. The number of ether oxygens (including phenoxy) is 5. The number of carbonyl (C=O) groups excluding carboxylic acids is 3. The standard InChI is InChI=1S/C45H70FN5O9/c1-13-33-45(9)37(51(42(55)60-45)50(14-2)23-17-21-31-19-15-18-30-20-16-22-48-35(30)31)28(5)34(47)26(3)25-43(7,56-12)39(29(6)38(53)44(8,46)41(54)58-33)59-40-36(52)32(49(10)11)24-27(4)57-40/h15-16,18-20,22,26-29,32-34,36-37,39-40,52H,13-14,17,21,23-25,47H2,1-12H3/t26-,27-,28-,29+,32+,33+,34?,36-,37-,39-,40+,43+,44?,45-/m1/s1. The van der Waals surface area contributed by atoms with Gasteiger partial charge in [0.25, 0.3) is 5.67 Å². The summed E-state index contributed by atoms with van der Waals surface area (Å²) in [4.78, 5) is 49.2. The lowest BCUT2D eigenvalue weighted by atomic mass is 9.72. The number of halogens is 1. The van der Waals surface area contributed by atoms with Gasteiger partial charge in [0.15, 0.2) is 17.7 Å². The van der Waals surface area contributed by atoms with E-state index in [9.17, 15) is 19.5 Å². The Morgan fingerprint density at radius 1 is 1.07 bits per heavy atom. The Kier molecular flexibility index (Phi) is 15.1. The first-order valence-electron chi connectivity index (χ1n) is 21.7. The topological polar surface area (TPSA) is 166 Å². The molecule has 60 heavy (non-hydrogen) atoms. The van der Waals surface area contributed by atoms with Crippen LogP contribution in [0.2, 0.25) is 0 Å². The molecular formula is C45H70FN5O9. The maximum absolute atomic E-state index is 17.0. The number of pyridine rings is 1. The molecule has 14 nitrogen and oxygen atoms in total. The number of hydrogen-bond acceptors (Lipinski definition) is 13. The molecule has 3 fully saturated rings. The van der Waals surface area contributed by atoms with Gasteiger partial charge in [0.05, 0.1) is 29.4 Å². The third-order valence-electron chi connectivity index (χ3n) is 13.7. The van der Waals surface area contributed by atoms with Crippen LogP contribution in [0.4, 0.5) is 9.18 Å². The number of aliphatic hydroxyl groups is 1. The molecule has 15 heteroatoms. The zero-order chi connectivity index (χ0) is 44.5. The van der Waals surface area contributed by atoms with Crippen molar-refractivity contribution in [2.75, 3.05) is 34.3 Å². The summed E-state index contributed by atoms with van der Waals surface area (Å²) in [5.41, 5.74) is 3.32. The van der Waals surface area contributed by atoms with E-state index in [0.29, 0.717) is 32.4 Å². The second-order valence-electron chi connectivity index (χ2n) is 18.2. The van der Waals surface area contributed by atoms with Gasteiger partial charge in [-0.25, -0.2) is 24.0 Å². The second kappa shape index (κ2) is 19.0. The highest BCUT2D eigenvalue weighted by Gasteiger charge is 2.62. The molecular weight excluding hydrogens is 774 g/mol. The molecule has 4 heterocycles. The monoisotopic (exact) mass is 844 g/mol. The SMILES string of the molecule is CC[C@@H]1OC(=O)C(C)(F)C(=O)[C@H](C)[C@@H](O[C@@H]2O[C@H](C)C[C@H](N(C)C)[C@H]2O)[C@@](C)(OC)C[C@@H](C)C(N)[C@@H](C)[C@H]2N(N(CC)CCCc3cccc4cccnc34)C(=O)O[C@]12C. The van der Waals surface area contributed by atoms with Gasteiger partial charge >= 0.3 is 12.1 Å². The van der Waals surface area contributed by atoms with Crippen molar-refractivity contribution in [1.82, 2.24) is 19.9 Å². The zero-order valence-electron chi connectivity index (χ0n) is 37.7. The number of amides is 1. The molecule has 0 radical (unpaired) electrons. The van der Waals surface area contributed by atoms with Crippen LogP contribution in [0.15, 0.2) is 36.5 Å². The molecule has 3 N–H and O–H groups in total. The van der Waals surface area contributed by atoms with E-state index in [2.05, 4.69) is 11.1 Å². The number of rotatable bonds is 11. The summed E-state index contributed by atoms with van der Waals surface area (Å²) in [5, 5.41) is 16.1. The van der Waals surface area contributed by atoms with Crippen molar-refractivity contribution in [2.45, 2.75) is 160 Å². The van der Waals surface area contributed by atoms with Crippen molar-refractivity contribution in [1.29, 1.82) is 0 Å². The van der Waals surface area contributed by atoms with Gasteiger partial charge in [0.2, 0.25) is 0 Å². The normalized spacial score (nSPS) is 38.5. The van der Waals surface area contributed by atoms with Crippen LogP contribution >= 0.6 is 0 Å². The van der Waals surface area contributed by atoms with Crippen LogP contribution in [-0.4, -0.2) is 143 Å². The average Bonchev–Trinajstić information content (AvgIpc) is 3.49. The number of aryl methyl sites for hydroxylation is 1. The van der Waals surface area contributed by atoms with E-state index in [1.54, 1.807) is 32.0 Å². The minimum atomic E-state index is -3.15. The molecule has 14 atom stereocenters. The summed E-state index contributed by atoms with van der Waals surface area (Å²) < 4.78 is 48.2. The number of fused-ring (bicyclic) bond motifs is 2. The highest BCUT2D eigenvalue weighted by Crippen LogP contribution is 2.45. The first kappa shape index (κ1) is 47.7. The van der Waals surface area contributed by atoms with Crippen molar-refractivity contribution in [3.63, 3.8) is 0 Å². The number of aliphatic hydroxyl groups excluding tert-OH is 1. The fraction of sp³-hybridized carbons (Fsp3) is 0.733. The molecule has 5 rings (SSSR count). The van der Waals surface area contributed by atoms with E-state index in [1.165, 1.54) is 14.0 Å². The van der Waals surface area contributed by atoms with Crippen LogP contribution in [0.1, 0.15) is 93.6 Å². The fourth-order valence-electron chi connectivity index (χ4n) is 10.1. The number of alkyl halides is 1. The number of likely N-dealkylation sites (N-methyl/N-ethyl adjacent to an activating group) is 1. The smallest absolute Gasteiger partial charge is 0.425 e. The van der Waals surface area contributed by atoms with Crippen molar-refractivity contribution in [3.05, 3.63) is 42.1 Å². The van der Waals surface area contributed by atoms with E-state index in [1.807, 2.05) is 76.0 Å². The van der Waals surface area contributed by atoms with E-state index in [-0.39, 0.29) is 30.9 Å². The predicted octanol–water partition coefficient (Wildman–Crippen LogP) is 5.46. The van der Waals surface area contributed by atoms with Gasteiger partial charge in [-0.2, -0.15) is 0 Å². The molecule has 1 aromatic heterocycles. The van der Waals surface area contributed by atoms with E-state index in [0.717, 1.165) is 23.4 Å². The second-order valence-corrected chi connectivity index (χ2v) is 18.2. The van der Waals surface area contributed by atoms with Crippen molar-refractivity contribution >= 4 is 28.7 Å². The zero-order valence-corrected chi connectivity index (χ0v) is 37.7. The molecule has 2 unspecified atom stereocenters. The van der Waals surface area contributed by atoms with E-state index < -0.39 is 83.2 Å². The highest BCUT2D eigenvalue weighted by atomic mass is 19.1. The lowest BCUT2D eigenvalue weighted by Crippen LogP contribution is -2.64.